The van der Waals surface area contributed by atoms with Crippen LogP contribution in [0.1, 0.15) is 194 Å². The maximum absolute atomic E-state index is 12.9. The van der Waals surface area contributed by atoms with Crippen LogP contribution in [0, 0.1) is 0 Å². The Labute approximate surface area is 348 Å². The molecule has 1 aliphatic rings. The van der Waals surface area contributed by atoms with Gasteiger partial charge in [0.2, 0.25) is 5.91 Å². The number of aliphatic hydroxyl groups excluding tert-OH is 5. The number of amides is 1. The second kappa shape index (κ2) is 38.4. The number of unbranched alkanes of at least 4 members (excludes halogenated alkanes) is 22. The summed E-state index contributed by atoms with van der Waals surface area (Å²) >= 11 is 0. The van der Waals surface area contributed by atoms with E-state index in [1.165, 1.54) is 109 Å². The molecule has 1 amide bonds. The number of nitrogens with one attached hydrogen (secondary N) is 1. The maximum Gasteiger partial charge on any atom is 0.220 e. The molecule has 1 rings (SSSR count). The smallest absolute Gasteiger partial charge is 0.220 e. The molecule has 6 N–H and O–H groups in total. The molecule has 0 spiro atoms. The standard InChI is InChI=1S/C48H87NO8/c1-3-5-7-9-11-13-15-17-19-21-22-23-25-27-29-31-33-35-37-42(51)41(40-56-48-47(55)46(54)45(53)43(39-50)57-48)49-44(52)38-36-34-32-30-28-26-24-20-18-16-14-12-10-8-6-4-2/h20-22,24,27,29,35,37,41-43,45-48,50-51,53-55H,3-19,23,25-26,28,30-34,36,38-40H2,1-2H3,(H,49,52)/b22-21+,24-20-,29-27+,37-35+. The van der Waals surface area contributed by atoms with Gasteiger partial charge >= 0.3 is 0 Å². The van der Waals surface area contributed by atoms with E-state index in [9.17, 15) is 30.3 Å². The quantitative estimate of drug-likeness (QED) is 0.0267. The molecule has 1 aliphatic heterocycles. The van der Waals surface area contributed by atoms with Crippen molar-refractivity contribution < 1.29 is 39.8 Å². The zero-order chi connectivity index (χ0) is 41.6. The Hall–Kier alpha value is -1.85. The van der Waals surface area contributed by atoms with Gasteiger partial charge in [-0.3, -0.25) is 4.79 Å². The van der Waals surface area contributed by atoms with Crippen molar-refractivity contribution in [1.29, 1.82) is 0 Å². The van der Waals surface area contributed by atoms with E-state index in [1.54, 1.807) is 6.08 Å². The number of ether oxygens (including phenoxy) is 2. The lowest BCUT2D eigenvalue weighted by molar-refractivity contribution is -0.302. The van der Waals surface area contributed by atoms with E-state index >= 15 is 0 Å². The lowest BCUT2D eigenvalue weighted by atomic mass is 9.99. The fourth-order valence-electron chi connectivity index (χ4n) is 7.06. The van der Waals surface area contributed by atoms with E-state index in [1.807, 2.05) is 6.08 Å². The van der Waals surface area contributed by atoms with Crippen molar-refractivity contribution in [3.05, 3.63) is 48.6 Å². The van der Waals surface area contributed by atoms with E-state index in [0.29, 0.717) is 6.42 Å². The minimum atomic E-state index is -1.58. The number of hydrogen-bond acceptors (Lipinski definition) is 8. The molecule has 9 heteroatoms. The Bertz CT molecular complexity index is 1030. The Morgan fingerprint density at radius 2 is 1.00 bits per heavy atom. The predicted octanol–water partition coefficient (Wildman–Crippen LogP) is 9.84. The van der Waals surface area contributed by atoms with Crippen LogP contribution in [0.3, 0.4) is 0 Å². The van der Waals surface area contributed by atoms with Crippen molar-refractivity contribution in [3.8, 4) is 0 Å². The molecule has 7 unspecified atom stereocenters. The molecule has 1 saturated heterocycles. The summed E-state index contributed by atoms with van der Waals surface area (Å²) < 4.78 is 11.2. The van der Waals surface area contributed by atoms with Gasteiger partial charge in [0.1, 0.15) is 24.4 Å². The van der Waals surface area contributed by atoms with Gasteiger partial charge in [0.25, 0.3) is 0 Å². The molecule has 1 heterocycles. The molecule has 0 aliphatic carbocycles. The summed E-state index contributed by atoms with van der Waals surface area (Å²) in [6, 6.07) is -0.831. The van der Waals surface area contributed by atoms with E-state index in [4.69, 9.17) is 9.47 Å². The summed E-state index contributed by atoms with van der Waals surface area (Å²) in [4.78, 5) is 12.9. The predicted molar refractivity (Wildman–Crippen MR) is 235 cm³/mol. The van der Waals surface area contributed by atoms with Gasteiger partial charge in [-0.15, -0.1) is 0 Å². The van der Waals surface area contributed by atoms with Gasteiger partial charge in [0.05, 0.1) is 25.4 Å². The minimum Gasteiger partial charge on any atom is -0.394 e. The number of hydrogen-bond donors (Lipinski definition) is 6. The molecule has 0 aromatic carbocycles. The molecule has 57 heavy (non-hydrogen) atoms. The Balaban J connectivity index is 2.41. The number of allylic oxidation sites excluding steroid dienone is 7. The van der Waals surface area contributed by atoms with Gasteiger partial charge in [0, 0.05) is 6.42 Å². The molecule has 0 aromatic rings. The van der Waals surface area contributed by atoms with Gasteiger partial charge in [-0.1, -0.05) is 165 Å². The monoisotopic (exact) mass is 806 g/mol. The largest absolute Gasteiger partial charge is 0.394 e. The zero-order valence-corrected chi connectivity index (χ0v) is 36.3. The van der Waals surface area contributed by atoms with Crippen LogP contribution in [-0.2, 0) is 14.3 Å². The van der Waals surface area contributed by atoms with Crippen LogP contribution in [0.25, 0.3) is 0 Å². The Morgan fingerprint density at radius 3 is 1.47 bits per heavy atom. The maximum atomic E-state index is 12.9. The molecular weight excluding hydrogens is 719 g/mol. The summed E-state index contributed by atoms with van der Waals surface area (Å²) in [5, 5.41) is 54.2. The van der Waals surface area contributed by atoms with Crippen LogP contribution >= 0.6 is 0 Å². The van der Waals surface area contributed by atoms with Crippen molar-refractivity contribution >= 4 is 5.91 Å². The number of aliphatic hydroxyl groups is 5. The highest BCUT2D eigenvalue weighted by Gasteiger charge is 2.44. The second-order valence-electron chi connectivity index (χ2n) is 16.2. The third-order valence-electron chi connectivity index (χ3n) is 10.9. The Morgan fingerprint density at radius 1 is 0.579 bits per heavy atom. The highest BCUT2D eigenvalue weighted by Crippen LogP contribution is 2.22. The van der Waals surface area contributed by atoms with Crippen molar-refractivity contribution in [1.82, 2.24) is 5.32 Å². The van der Waals surface area contributed by atoms with Crippen LogP contribution in [0.4, 0.5) is 0 Å². The minimum absolute atomic E-state index is 0.201. The van der Waals surface area contributed by atoms with Crippen molar-refractivity contribution in [2.24, 2.45) is 0 Å². The summed E-state index contributed by atoms with van der Waals surface area (Å²) in [7, 11) is 0. The number of rotatable bonds is 38. The molecule has 9 nitrogen and oxygen atoms in total. The lowest BCUT2D eigenvalue weighted by Gasteiger charge is -2.40. The first kappa shape index (κ1) is 53.2. The van der Waals surface area contributed by atoms with Crippen LogP contribution in [0.2, 0.25) is 0 Å². The first-order valence-electron chi connectivity index (χ1n) is 23.4. The number of carbonyl (C=O) groups excluding carboxylic acids is 1. The Kier molecular flexibility index (Phi) is 35.8. The SMILES string of the molecule is CCCCCCCCC/C=C\CCCCCCCC(=O)NC(COC1OC(CO)C(O)C(O)C1O)C(O)/C=C/CC/C=C/CC/C=C/CCCCCCCCCC. The fraction of sp³-hybridized carbons (Fsp3) is 0.812. The second-order valence-corrected chi connectivity index (χ2v) is 16.2. The van der Waals surface area contributed by atoms with Gasteiger partial charge in [-0.05, 0) is 70.6 Å². The normalized spacial score (nSPS) is 21.4. The molecule has 332 valence electrons. The molecule has 1 fully saturated rings. The van der Waals surface area contributed by atoms with Crippen LogP contribution in [0.15, 0.2) is 48.6 Å². The zero-order valence-electron chi connectivity index (χ0n) is 36.3. The fourth-order valence-corrected chi connectivity index (χ4v) is 7.06. The van der Waals surface area contributed by atoms with E-state index in [2.05, 4.69) is 55.6 Å². The molecule has 0 bridgehead atoms. The van der Waals surface area contributed by atoms with Gasteiger partial charge in [0.15, 0.2) is 6.29 Å². The summed E-state index contributed by atoms with van der Waals surface area (Å²) in [5.74, 6) is -0.201. The third kappa shape index (κ3) is 29.1. The first-order valence-corrected chi connectivity index (χ1v) is 23.4. The van der Waals surface area contributed by atoms with E-state index in [0.717, 1.165) is 64.2 Å². The highest BCUT2D eigenvalue weighted by atomic mass is 16.7. The topological polar surface area (TPSA) is 149 Å². The summed E-state index contributed by atoms with van der Waals surface area (Å²) in [6.07, 6.45) is 41.5. The average Bonchev–Trinajstić information content (AvgIpc) is 3.21. The lowest BCUT2D eigenvalue weighted by Crippen LogP contribution is -2.60. The van der Waals surface area contributed by atoms with E-state index in [-0.39, 0.29) is 12.5 Å². The molecule has 0 aromatic heterocycles. The van der Waals surface area contributed by atoms with Crippen LogP contribution in [0.5, 0.6) is 0 Å². The van der Waals surface area contributed by atoms with Crippen molar-refractivity contribution in [2.75, 3.05) is 13.2 Å². The number of carbonyl (C=O) groups is 1. The highest BCUT2D eigenvalue weighted by molar-refractivity contribution is 5.76. The molecule has 7 atom stereocenters. The van der Waals surface area contributed by atoms with Gasteiger partial charge in [-0.2, -0.15) is 0 Å². The first-order chi connectivity index (χ1) is 27.8. The van der Waals surface area contributed by atoms with Gasteiger partial charge in [-0.25, -0.2) is 0 Å². The summed E-state index contributed by atoms with van der Waals surface area (Å²) in [6.45, 7) is 3.73. The average molecular weight is 806 g/mol. The summed E-state index contributed by atoms with van der Waals surface area (Å²) in [5.41, 5.74) is 0. The van der Waals surface area contributed by atoms with Crippen LogP contribution in [-0.4, -0.2) is 87.5 Å². The molecular formula is C48H87NO8. The molecule has 0 radical (unpaired) electrons. The molecule has 0 saturated carbocycles. The third-order valence-corrected chi connectivity index (χ3v) is 10.9. The van der Waals surface area contributed by atoms with Crippen LogP contribution < -0.4 is 5.32 Å². The van der Waals surface area contributed by atoms with Crippen molar-refractivity contribution in [3.63, 3.8) is 0 Å². The van der Waals surface area contributed by atoms with Gasteiger partial charge < -0.3 is 40.3 Å². The van der Waals surface area contributed by atoms with E-state index < -0.39 is 49.5 Å². The van der Waals surface area contributed by atoms with Crippen molar-refractivity contribution in [2.45, 2.75) is 236 Å².